The van der Waals surface area contributed by atoms with E-state index in [0.29, 0.717) is 35.1 Å². The molecule has 1 aromatic carbocycles. The molecule has 2 aliphatic rings. The van der Waals surface area contributed by atoms with E-state index in [-0.39, 0.29) is 51.6 Å². The summed E-state index contributed by atoms with van der Waals surface area (Å²) >= 11 is 1.33. The molecule has 18 N–H and O–H groups in total. The highest BCUT2D eigenvalue weighted by Gasteiger charge is 2.43. The molecule has 11 amide bonds. The predicted molar refractivity (Wildman–Crippen MR) is 273 cm³/mol. The molecule has 77 heavy (non-hydrogen) atoms. The van der Waals surface area contributed by atoms with Gasteiger partial charge in [0.25, 0.3) is 0 Å². The zero-order valence-corrected chi connectivity index (χ0v) is 43.1. The van der Waals surface area contributed by atoms with Crippen molar-refractivity contribution in [2.75, 3.05) is 51.5 Å². The number of hydrogen-bond acceptors (Lipinski definition) is 17. The maximum atomic E-state index is 14.1. The van der Waals surface area contributed by atoms with Crippen LogP contribution in [-0.2, 0) is 64.0 Å². The number of primary amides is 2. The van der Waals surface area contributed by atoms with Gasteiger partial charge in [-0.2, -0.15) is 11.8 Å². The summed E-state index contributed by atoms with van der Waals surface area (Å²) in [5.41, 5.74) is 17.3. The second kappa shape index (κ2) is 30.4. The van der Waals surface area contributed by atoms with E-state index >= 15 is 0 Å². The molecule has 0 saturated carbocycles. The zero-order chi connectivity index (χ0) is 56.9. The van der Waals surface area contributed by atoms with Crippen molar-refractivity contribution >= 4 is 93.6 Å². The quantitative estimate of drug-likeness (QED) is 0.0334. The molecule has 0 spiro atoms. The molecule has 29 nitrogen and oxygen atoms in total. The maximum absolute atomic E-state index is 14.1. The minimum absolute atomic E-state index is 0.0187. The fourth-order valence-electron chi connectivity index (χ4n) is 8.63. The number of carbonyl (C=O) groups excluding carboxylic acids is 11. The van der Waals surface area contributed by atoms with Gasteiger partial charge in [0.05, 0.1) is 32.4 Å². The van der Waals surface area contributed by atoms with Crippen molar-refractivity contribution in [3.05, 3.63) is 36.0 Å². The number of nitrogens with one attached hydrogen (secondary N) is 8. The highest BCUT2D eigenvalue weighted by Crippen LogP contribution is 2.26. The molecule has 2 saturated heterocycles. The summed E-state index contributed by atoms with van der Waals surface area (Å²) in [6.45, 7) is -3.27. The average molecular weight is 1100 g/mol. The van der Waals surface area contributed by atoms with Gasteiger partial charge in [0.1, 0.15) is 48.3 Å². The molecule has 9 atom stereocenters. The number of nitrogens with two attached hydrogens (primary N) is 3. The lowest BCUT2D eigenvalue weighted by atomic mass is 10.0. The van der Waals surface area contributed by atoms with Crippen LogP contribution < -0.4 is 54.4 Å². The van der Waals surface area contributed by atoms with Crippen molar-refractivity contribution in [2.45, 2.75) is 119 Å². The highest BCUT2D eigenvalue weighted by atomic mass is 32.2. The van der Waals surface area contributed by atoms with Crippen LogP contribution in [-0.4, -0.2) is 212 Å². The van der Waals surface area contributed by atoms with Gasteiger partial charge < -0.3 is 89.6 Å². The molecular formula is C47H69N13O16S. The number of carbonyl (C=O) groups is 12. The number of thioether (sulfide) groups is 1. The third-order valence-electron chi connectivity index (χ3n) is 12.9. The lowest BCUT2D eigenvalue weighted by Gasteiger charge is -2.32. The number of nitrogens with zero attached hydrogens (tertiary/aromatic N) is 2. The van der Waals surface area contributed by atoms with Gasteiger partial charge in [0, 0.05) is 49.5 Å². The third-order valence-corrected chi connectivity index (χ3v) is 13.5. The normalized spacial score (nSPS) is 17.8. The Morgan fingerprint density at radius 2 is 1.16 bits per heavy atom. The first-order chi connectivity index (χ1) is 36.6. The van der Waals surface area contributed by atoms with E-state index in [9.17, 15) is 78.0 Å². The maximum Gasteiger partial charge on any atom is 0.328 e. The van der Waals surface area contributed by atoms with Crippen molar-refractivity contribution in [2.24, 2.45) is 17.2 Å². The summed E-state index contributed by atoms with van der Waals surface area (Å²) in [7, 11) is 0. The van der Waals surface area contributed by atoms with Crippen LogP contribution in [0.3, 0.4) is 0 Å². The Morgan fingerprint density at radius 1 is 0.649 bits per heavy atom. The molecule has 3 heterocycles. The summed E-state index contributed by atoms with van der Waals surface area (Å²) in [4.78, 5) is 162. The number of carboxylic acids is 1. The number of fused-ring (bicyclic) bond motifs is 1. The van der Waals surface area contributed by atoms with Crippen molar-refractivity contribution in [3.63, 3.8) is 0 Å². The number of likely N-dealkylation sites (tertiary alicyclic amines) is 2. The van der Waals surface area contributed by atoms with Gasteiger partial charge in [-0.05, 0) is 68.6 Å². The van der Waals surface area contributed by atoms with Crippen LogP contribution in [0.4, 0.5) is 0 Å². The molecule has 0 bridgehead atoms. The second-order valence-corrected chi connectivity index (χ2v) is 19.4. The zero-order valence-electron chi connectivity index (χ0n) is 42.3. The Hall–Kier alpha value is -7.41. The summed E-state index contributed by atoms with van der Waals surface area (Å²) in [6.07, 6.45) is 3.27. The summed E-state index contributed by atoms with van der Waals surface area (Å²) in [6, 6.07) is -6.18. The number of para-hydroxylation sites is 1. The smallest absolute Gasteiger partial charge is 0.328 e. The topological polar surface area (TPSA) is 470 Å². The Labute approximate surface area is 445 Å². The van der Waals surface area contributed by atoms with Gasteiger partial charge in [0.2, 0.25) is 65.0 Å². The van der Waals surface area contributed by atoms with Crippen LogP contribution in [0.25, 0.3) is 10.9 Å². The lowest BCUT2D eigenvalue weighted by Crippen LogP contribution is -2.61. The van der Waals surface area contributed by atoms with E-state index in [0.717, 1.165) is 0 Å². The standard InChI is InChI=1S/C47H69N13O16S/c1-77-17-14-29(54-45(73)34-8-4-16-60(34)46(74)35-9-5-15-59(35)38(66)20-52-39(67)26(48)10-12-36(49)64)41(69)56-32(22-62)44(72)55-30(18-24-19-51-27-7-3-2-6-25(24)27)42(70)57-31(21-61)43(71)53-28(11-13-37(50)65)40(68)58-33(23-63)47(75)76/h2-3,6-7,19,26,28-35,51,61-63H,4-5,8-18,20-23,48H2,1H3,(H2,49,64)(H2,50,65)(H,52,67)(H,53,71)(H,54,73)(H,55,72)(H,56,69)(H,57,70)(H,58,68)(H,75,76)/t26-,28-,29-,30-,31-,32-,33-,34-,35-/m0/s1. The van der Waals surface area contributed by atoms with E-state index in [1.54, 1.807) is 36.7 Å². The van der Waals surface area contributed by atoms with Crippen LogP contribution in [0.1, 0.15) is 63.4 Å². The second-order valence-electron chi connectivity index (χ2n) is 18.4. The number of hydrogen-bond donors (Lipinski definition) is 15. The van der Waals surface area contributed by atoms with Crippen LogP contribution in [0.2, 0.25) is 0 Å². The first kappa shape index (κ1) is 62.1. The first-order valence-corrected chi connectivity index (χ1v) is 26.1. The van der Waals surface area contributed by atoms with Gasteiger partial charge in [-0.1, -0.05) is 18.2 Å². The van der Waals surface area contributed by atoms with Crippen LogP contribution in [0, 0.1) is 0 Å². The largest absolute Gasteiger partial charge is 0.480 e. The van der Waals surface area contributed by atoms with Crippen molar-refractivity contribution in [1.29, 1.82) is 0 Å². The van der Waals surface area contributed by atoms with E-state index in [1.807, 2.05) is 5.32 Å². The first-order valence-electron chi connectivity index (χ1n) is 24.8. The molecule has 0 radical (unpaired) electrons. The number of aliphatic hydroxyl groups excluding tert-OH is 3. The molecule has 0 aliphatic carbocycles. The van der Waals surface area contributed by atoms with Crippen molar-refractivity contribution in [3.8, 4) is 0 Å². The van der Waals surface area contributed by atoms with Gasteiger partial charge >= 0.3 is 5.97 Å². The number of aromatic amines is 1. The summed E-state index contributed by atoms with van der Waals surface area (Å²) in [5.74, 6) is -10.8. The lowest BCUT2D eigenvalue weighted by molar-refractivity contribution is -0.147. The van der Waals surface area contributed by atoms with Crippen LogP contribution >= 0.6 is 11.8 Å². The minimum Gasteiger partial charge on any atom is -0.480 e. The third kappa shape index (κ3) is 18.1. The molecule has 0 unspecified atom stereocenters. The van der Waals surface area contributed by atoms with Crippen molar-refractivity contribution < 1.29 is 78.0 Å². The molecule has 424 valence electrons. The Bertz CT molecular complexity index is 2480. The number of aromatic nitrogens is 1. The van der Waals surface area contributed by atoms with Crippen LogP contribution in [0.5, 0.6) is 0 Å². The Morgan fingerprint density at radius 3 is 1.74 bits per heavy atom. The average Bonchev–Trinajstić information content (AvgIpc) is 4.20. The molecule has 2 aromatic rings. The van der Waals surface area contributed by atoms with Gasteiger partial charge in [-0.3, -0.25) is 52.7 Å². The summed E-state index contributed by atoms with van der Waals surface area (Å²) < 4.78 is 0. The van der Waals surface area contributed by atoms with Gasteiger partial charge in [-0.15, -0.1) is 0 Å². The fourth-order valence-corrected chi connectivity index (χ4v) is 9.10. The number of carboxylic acid groups (broad SMARTS) is 1. The van der Waals surface area contributed by atoms with Crippen molar-refractivity contribution in [1.82, 2.24) is 52.0 Å². The Balaban J connectivity index is 1.48. The molecule has 4 rings (SSSR count). The number of H-pyrrole nitrogens is 1. The van der Waals surface area contributed by atoms with Gasteiger partial charge in [-0.25, -0.2) is 4.79 Å². The molecule has 2 aliphatic heterocycles. The summed E-state index contributed by atoms with van der Waals surface area (Å²) in [5, 5.41) is 56.6. The highest BCUT2D eigenvalue weighted by molar-refractivity contribution is 7.98. The number of aliphatic hydroxyl groups is 3. The molecule has 30 heteroatoms. The number of rotatable bonds is 31. The van der Waals surface area contributed by atoms with E-state index in [4.69, 9.17) is 17.2 Å². The minimum atomic E-state index is -1.84. The predicted octanol–water partition coefficient (Wildman–Crippen LogP) is -6.61. The van der Waals surface area contributed by atoms with Gasteiger partial charge in [0.15, 0.2) is 0 Å². The number of aliphatic carboxylic acids is 1. The number of benzene rings is 1. The molecule has 2 fully saturated rings. The number of amides is 11. The van der Waals surface area contributed by atoms with E-state index < -0.39 is 165 Å². The SMILES string of the molecule is CSCC[C@H](NC(=O)[C@@H]1CCCN1C(=O)[C@@H]1CCCN1C(=O)CNC(=O)[C@@H](N)CCC(N)=O)C(=O)N[C@@H](CO)C(=O)N[C@@H](Cc1c[nH]c2ccccc12)C(=O)N[C@@H](CO)C(=O)N[C@@H](CCC(N)=O)C(=O)N[C@@H](CO)C(=O)O. The Kier molecular flexibility index (Phi) is 24.5. The monoisotopic (exact) mass is 1100 g/mol. The van der Waals surface area contributed by atoms with Crippen LogP contribution in [0.15, 0.2) is 30.5 Å². The molecule has 1 aromatic heterocycles. The van der Waals surface area contributed by atoms with E-state index in [2.05, 4.69) is 36.9 Å². The fraction of sp³-hybridized carbons (Fsp3) is 0.574. The molecular weight excluding hydrogens is 1030 g/mol. The van der Waals surface area contributed by atoms with E-state index in [1.165, 1.54) is 21.6 Å².